The number of amides is 1. The van der Waals surface area contributed by atoms with Gasteiger partial charge in [-0.3, -0.25) is 4.79 Å². The van der Waals surface area contributed by atoms with Crippen LogP contribution in [0.5, 0.6) is 0 Å². The third kappa shape index (κ3) is 3.25. The van der Waals surface area contributed by atoms with Gasteiger partial charge in [-0.1, -0.05) is 6.07 Å². The Balaban J connectivity index is 2.81. The molecular weight excluding hydrogens is 215 g/mol. The molecule has 0 spiro atoms. The van der Waals surface area contributed by atoms with Crippen LogP contribution in [-0.4, -0.2) is 52.3 Å². The standard InChI is InChI=1S/C10H13FN2O3/c11-9-3-1-2-8(12-9)10(16)13(4-6-14)5-7-15/h1-3,14-15H,4-7H2. The summed E-state index contributed by atoms with van der Waals surface area (Å²) in [6.07, 6.45) is 0. The van der Waals surface area contributed by atoms with E-state index in [9.17, 15) is 9.18 Å². The number of hydrogen-bond donors (Lipinski definition) is 2. The molecule has 0 aliphatic rings. The Labute approximate surface area is 92.2 Å². The normalized spacial score (nSPS) is 10.2. The second-order valence-electron chi connectivity index (χ2n) is 3.08. The molecule has 0 atom stereocenters. The van der Waals surface area contributed by atoms with Crippen LogP contribution in [0.2, 0.25) is 0 Å². The summed E-state index contributed by atoms with van der Waals surface area (Å²) in [5.74, 6) is -1.25. The Morgan fingerprint density at radius 1 is 1.31 bits per heavy atom. The largest absolute Gasteiger partial charge is 0.395 e. The molecule has 2 N–H and O–H groups in total. The molecule has 1 aromatic rings. The van der Waals surface area contributed by atoms with Gasteiger partial charge in [0.15, 0.2) is 0 Å². The van der Waals surface area contributed by atoms with Gasteiger partial charge < -0.3 is 15.1 Å². The maximum Gasteiger partial charge on any atom is 0.272 e. The highest BCUT2D eigenvalue weighted by atomic mass is 19.1. The van der Waals surface area contributed by atoms with Gasteiger partial charge in [-0.05, 0) is 12.1 Å². The van der Waals surface area contributed by atoms with Crippen molar-refractivity contribution in [3.63, 3.8) is 0 Å². The van der Waals surface area contributed by atoms with Crippen LogP contribution in [-0.2, 0) is 0 Å². The molecule has 1 aromatic heterocycles. The highest BCUT2D eigenvalue weighted by molar-refractivity contribution is 5.92. The molecule has 1 rings (SSSR count). The zero-order valence-electron chi connectivity index (χ0n) is 8.64. The molecule has 1 heterocycles. The molecule has 16 heavy (non-hydrogen) atoms. The van der Waals surface area contributed by atoms with Crippen LogP contribution in [0.1, 0.15) is 10.5 Å². The van der Waals surface area contributed by atoms with Gasteiger partial charge in [0.2, 0.25) is 5.95 Å². The lowest BCUT2D eigenvalue weighted by Gasteiger charge is -2.19. The number of aromatic nitrogens is 1. The number of pyridine rings is 1. The number of hydrogen-bond acceptors (Lipinski definition) is 4. The van der Waals surface area contributed by atoms with Crippen molar-refractivity contribution in [2.75, 3.05) is 26.3 Å². The molecule has 88 valence electrons. The number of rotatable bonds is 5. The number of aliphatic hydroxyl groups excluding tert-OH is 2. The predicted molar refractivity (Wildman–Crippen MR) is 54.3 cm³/mol. The van der Waals surface area contributed by atoms with Crippen LogP contribution < -0.4 is 0 Å². The molecule has 6 heteroatoms. The molecule has 0 saturated carbocycles. The summed E-state index contributed by atoms with van der Waals surface area (Å²) >= 11 is 0. The number of aliphatic hydroxyl groups is 2. The highest BCUT2D eigenvalue weighted by Crippen LogP contribution is 2.03. The van der Waals surface area contributed by atoms with Crippen LogP contribution in [0.25, 0.3) is 0 Å². The Bertz CT molecular complexity index is 354. The van der Waals surface area contributed by atoms with Crippen molar-refractivity contribution in [3.05, 3.63) is 29.8 Å². The first-order valence-corrected chi connectivity index (χ1v) is 4.82. The van der Waals surface area contributed by atoms with Crippen LogP contribution in [0, 0.1) is 5.95 Å². The van der Waals surface area contributed by atoms with Crippen molar-refractivity contribution in [2.24, 2.45) is 0 Å². The quantitative estimate of drug-likeness (QED) is 0.675. The molecule has 0 fully saturated rings. The summed E-state index contributed by atoms with van der Waals surface area (Å²) in [7, 11) is 0. The van der Waals surface area contributed by atoms with E-state index < -0.39 is 11.9 Å². The summed E-state index contributed by atoms with van der Waals surface area (Å²) < 4.78 is 12.8. The summed E-state index contributed by atoms with van der Waals surface area (Å²) in [5.41, 5.74) is -0.0399. The molecular formula is C10H13FN2O3. The van der Waals surface area contributed by atoms with Crippen molar-refractivity contribution in [1.82, 2.24) is 9.88 Å². The Morgan fingerprint density at radius 2 is 1.94 bits per heavy atom. The molecule has 1 amide bonds. The molecule has 0 unspecified atom stereocenters. The summed E-state index contributed by atoms with van der Waals surface area (Å²) in [5, 5.41) is 17.5. The fourth-order valence-corrected chi connectivity index (χ4v) is 1.25. The first-order chi connectivity index (χ1) is 7.69. The summed E-state index contributed by atoms with van der Waals surface area (Å²) in [6, 6.07) is 3.90. The van der Waals surface area contributed by atoms with Crippen molar-refractivity contribution in [3.8, 4) is 0 Å². The fourth-order valence-electron chi connectivity index (χ4n) is 1.25. The molecule has 0 aliphatic heterocycles. The molecule has 0 radical (unpaired) electrons. The Hall–Kier alpha value is -1.53. The lowest BCUT2D eigenvalue weighted by molar-refractivity contribution is 0.0678. The SMILES string of the molecule is O=C(c1cccc(F)n1)N(CCO)CCO. The number of carbonyl (C=O) groups excluding carboxylic acids is 1. The van der Waals surface area contributed by atoms with Crippen LogP contribution >= 0.6 is 0 Å². The molecule has 5 nitrogen and oxygen atoms in total. The van der Waals surface area contributed by atoms with Crippen molar-refractivity contribution in [1.29, 1.82) is 0 Å². The van der Waals surface area contributed by atoms with E-state index >= 15 is 0 Å². The zero-order chi connectivity index (χ0) is 12.0. The average Bonchev–Trinajstić information content (AvgIpc) is 2.28. The maximum atomic E-state index is 12.8. The molecule has 0 bridgehead atoms. The van der Waals surface area contributed by atoms with Crippen LogP contribution in [0.15, 0.2) is 18.2 Å². The number of halogens is 1. The second kappa shape index (κ2) is 6.14. The van der Waals surface area contributed by atoms with Crippen LogP contribution in [0.4, 0.5) is 4.39 Å². The van der Waals surface area contributed by atoms with Gasteiger partial charge in [-0.25, -0.2) is 4.98 Å². The van der Waals surface area contributed by atoms with E-state index in [1.54, 1.807) is 0 Å². The fraction of sp³-hybridized carbons (Fsp3) is 0.400. The minimum atomic E-state index is -0.737. The van der Waals surface area contributed by atoms with Crippen molar-refractivity contribution in [2.45, 2.75) is 0 Å². The summed E-state index contributed by atoms with van der Waals surface area (Å²) in [4.78, 5) is 16.4. The molecule has 0 aliphatic carbocycles. The maximum absolute atomic E-state index is 12.8. The average molecular weight is 228 g/mol. The van der Waals surface area contributed by atoms with E-state index in [-0.39, 0.29) is 32.0 Å². The Kier molecular flexibility index (Phi) is 4.81. The monoisotopic (exact) mass is 228 g/mol. The van der Waals surface area contributed by atoms with Gasteiger partial charge in [0.05, 0.1) is 13.2 Å². The highest BCUT2D eigenvalue weighted by Gasteiger charge is 2.16. The first kappa shape index (κ1) is 12.5. The van der Waals surface area contributed by atoms with E-state index in [2.05, 4.69) is 4.98 Å². The zero-order valence-corrected chi connectivity index (χ0v) is 8.64. The van der Waals surface area contributed by atoms with Gasteiger partial charge in [-0.2, -0.15) is 4.39 Å². The minimum absolute atomic E-state index is 0.0399. The van der Waals surface area contributed by atoms with Crippen molar-refractivity contribution < 1.29 is 19.4 Å². The van der Waals surface area contributed by atoms with Gasteiger partial charge in [0.25, 0.3) is 5.91 Å². The lowest BCUT2D eigenvalue weighted by atomic mass is 10.3. The third-order valence-electron chi connectivity index (χ3n) is 1.96. The topological polar surface area (TPSA) is 73.7 Å². The van der Waals surface area contributed by atoms with E-state index in [0.29, 0.717) is 0 Å². The number of nitrogens with zero attached hydrogens (tertiary/aromatic N) is 2. The van der Waals surface area contributed by atoms with Crippen molar-refractivity contribution >= 4 is 5.91 Å². The first-order valence-electron chi connectivity index (χ1n) is 4.82. The minimum Gasteiger partial charge on any atom is -0.395 e. The summed E-state index contributed by atoms with van der Waals surface area (Å²) in [6.45, 7) is -0.280. The van der Waals surface area contributed by atoms with E-state index in [4.69, 9.17) is 10.2 Å². The van der Waals surface area contributed by atoms with E-state index in [1.807, 2.05) is 0 Å². The number of carbonyl (C=O) groups is 1. The van der Waals surface area contributed by atoms with E-state index in [0.717, 1.165) is 6.07 Å². The lowest BCUT2D eigenvalue weighted by Crippen LogP contribution is -2.36. The third-order valence-corrected chi connectivity index (χ3v) is 1.96. The van der Waals surface area contributed by atoms with Gasteiger partial charge in [-0.15, -0.1) is 0 Å². The Morgan fingerprint density at radius 3 is 2.44 bits per heavy atom. The smallest absolute Gasteiger partial charge is 0.272 e. The molecule has 0 aromatic carbocycles. The van der Waals surface area contributed by atoms with Crippen LogP contribution in [0.3, 0.4) is 0 Å². The van der Waals surface area contributed by atoms with Gasteiger partial charge in [0, 0.05) is 13.1 Å². The van der Waals surface area contributed by atoms with Gasteiger partial charge >= 0.3 is 0 Å². The van der Waals surface area contributed by atoms with Gasteiger partial charge in [0.1, 0.15) is 5.69 Å². The second-order valence-corrected chi connectivity index (χ2v) is 3.08. The molecule has 0 saturated heterocycles. The van der Waals surface area contributed by atoms with E-state index in [1.165, 1.54) is 17.0 Å². The predicted octanol–water partition coefficient (Wildman–Crippen LogP) is -0.353.